The van der Waals surface area contributed by atoms with E-state index in [0.29, 0.717) is 21.9 Å². The highest BCUT2D eigenvalue weighted by Gasteiger charge is 2.45. The summed E-state index contributed by atoms with van der Waals surface area (Å²) >= 11 is 6.09. The van der Waals surface area contributed by atoms with Gasteiger partial charge in [0.1, 0.15) is 11.5 Å². The maximum atomic E-state index is 13.0. The Labute approximate surface area is 186 Å². The first-order chi connectivity index (χ1) is 14.8. The van der Waals surface area contributed by atoms with Crippen molar-refractivity contribution in [2.75, 3.05) is 46.4 Å². The number of methoxy groups -OCH3 is 2. The number of aliphatic hydroxyl groups excluding tert-OH is 1. The lowest BCUT2D eigenvalue weighted by atomic mass is 9.95. The number of carbonyl (C=O) groups is 2. The lowest BCUT2D eigenvalue weighted by Gasteiger charge is -2.25. The van der Waals surface area contributed by atoms with Crippen LogP contribution in [0.15, 0.2) is 48.0 Å². The van der Waals surface area contributed by atoms with Gasteiger partial charge in [-0.05, 0) is 35.9 Å². The normalized spacial score (nSPS) is 17.8. The average Bonchev–Trinajstić information content (AvgIpc) is 3.02. The minimum absolute atomic E-state index is 0.0167. The first kappa shape index (κ1) is 22.7. The second-order valence-corrected chi connectivity index (χ2v) is 7.73. The van der Waals surface area contributed by atoms with Crippen LogP contribution >= 0.6 is 11.6 Å². The molecule has 0 saturated carbocycles. The fourth-order valence-electron chi connectivity index (χ4n) is 3.56. The molecule has 2 aromatic rings. The molecule has 3 rings (SSSR count). The van der Waals surface area contributed by atoms with E-state index in [4.69, 9.17) is 21.1 Å². The molecular formula is C23H25ClN2O5. The Hall–Kier alpha value is -3.03. The molecule has 1 N–H and O–H groups in total. The second kappa shape index (κ2) is 9.41. The smallest absolute Gasteiger partial charge is 0.295 e. The van der Waals surface area contributed by atoms with Crippen molar-refractivity contribution >= 4 is 34.7 Å². The number of halogens is 1. The Kier molecular flexibility index (Phi) is 6.87. The third-order valence-electron chi connectivity index (χ3n) is 5.23. The number of Topliss-reactive ketones (excluding diaryl/α,β-unsaturated/α-hetero) is 1. The van der Waals surface area contributed by atoms with Gasteiger partial charge in [0.05, 0.1) is 30.4 Å². The number of likely N-dealkylation sites (tertiary alicyclic amines) is 1. The molecule has 1 aliphatic heterocycles. The van der Waals surface area contributed by atoms with E-state index in [-0.39, 0.29) is 24.5 Å². The molecule has 0 bridgehead atoms. The second-order valence-electron chi connectivity index (χ2n) is 7.32. The van der Waals surface area contributed by atoms with E-state index in [1.807, 2.05) is 43.3 Å². The van der Waals surface area contributed by atoms with E-state index in [2.05, 4.69) is 0 Å². The molecule has 1 unspecified atom stereocenters. The molecular weight excluding hydrogens is 420 g/mol. The van der Waals surface area contributed by atoms with Gasteiger partial charge in [-0.3, -0.25) is 9.59 Å². The zero-order chi connectivity index (χ0) is 22.7. The van der Waals surface area contributed by atoms with E-state index in [1.165, 1.54) is 25.2 Å². The molecule has 7 nitrogen and oxygen atoms in total. The van der Waals surface area contributed by atoms with E-state index in [1.54, 1.807) is 12.1 Å². The number of hydrogen-bond donors (Lipinski definition) is 1. The first-order valence-electron chi connectivity index (χ1n) is 9.68. The predicted molar refractivity (Wildman–Crippen MR) is 120 cm³/mol. The quantitative estimate of drug-likeness (QED) is 0.400. The molecule has 0 aliphatic carbocycles. The maximum Gasteiger partial charge on any atom is 0.295 e. The predicted octanol–water partition coefficient (Wildman–Crippen LogP) is 3.48. The number of benzene rings is 2. The molecule has 1 amide bonds. The van der Waals surface area contributed by atoms with Crippen molar-refractivity contribution < 1.29 is 24.2 Å². The van der Waals surface area contributed by atoms with Crippen molar-refractivity contribution in [1.29, 1.82) is 0 Å². The Morgan fingerprint density at radius 1 is 1.13 bits per heavy atom. The average molecular weight is 445 g/mol. The van der Waals surface area contributed by atoms with Crippen molar-refractivity contribution in [3.8, 4) is 5.75 Å². The standard InChI is InChI=1S/C23H25ClN2O5/c1-25(2)16-8-5-14(6-9-16)20-19(22(28)23(29)26(20)11-12-30-3)21(27)15-7-10-17(24)18(13-15)31-4/h5-10,13,20,27H,11-12H2,1-4H3/b21-19-. The first-order valence-corrected chi connectivity index (χ1v) is 10.1. The van der Waals surface area contributed by atoms with Crippen LogP contribution < -0.4 is 9.64 Å². The number of ether oxygens (including phenoxy) is 2. The van der Waals surface area contributed by atoms with Gasteiger partial charge in [-0.1, -0.05) is 23.7 Å². The number of anilines is 1. The molecule has 1 aliphatic rings. The summed E-state index contributed by atoms with van der Waals surface area (Å²) < 4.78 is 10.3. The van der Waals surface area contributed by atoms with Crippen LogP contribution in [0.25, 0.3) is 5.76 Å². The van der Waals surface area contributed by atoms with Gasteiger partial charge in [0.2, 0.25) is 0 Å². The third-order valence-corrected chi connectivity index (χ3v) is 5.54. The SMILES string of the molecule is COCCN1C(=O)C(=O)/C(=C(\O)c2ccc(Cl)c(OC)c2)C1c1ccc(N(C)C)cc1. The van der Waals surface area contributed by atoms with E-state index >= 15 is 0 Å². The number of rotatable bonds is 7. The number of aliphatic hydroxyl groups is 1. The Morgan fingerprint density at radius 2 is 1.81 bits per heavy atom. The highest BCUT2D eigenvalue weighted by molar-refractivity contribution is 6.46. The van der Waals surface area contributed by atoms with E-state index in [9.17, 15) is 14.7 Å². The van der Waals surface area contributed by atoms with Crippen molar-refractivity contribution in [3.05, 3.63) is 64.2 Å². The van der Waals surface area contributed by atoms with Gasteiger partial charge in [-0.2, -0.15) is 0 Å². The third kappa shape index (κ3) is 4.38. The van der Waals surface area contributed by atoms with Crippen molar-refractivity contribution in [3.63, 3.8) is 0 Å². The lowest BCUT2D eigenvalue weighted by Crippen LogP contribution is -2.32. The topological polar surface area (TPSA) is 79.3 Å². The molecule has 0 spiro atoms. The minimum atomic E-state index is -0.746. The van der Waals surface area contributed by atoms with Gasteiger partial charge in [0, 0.05) is 39.0 Å². The Bertz CT molecular complexity index is 1020. The molecule has 0 radical (unpaired) electrons. The number of carbonyl (C=O) groups excluding carboxylic acids is 2. The highest BCUT2D eigenvalue weighted by atomic mass is 35.5. The summed E-state index contributed by atoms with van der Waals surface area (Å²) in [6, 6.07) is 11.4. The zero-order valence-corrected chi connectivity index (χ0v) is 18.6. The summed E-state index contributed by atoms with van der Waals surface area (Å²) in [7, 11) is 6.83. The van der Waals surface area contributed by atoms with Crippen molar-refractivity contribution in [1.82, 2.24) is 4.90 Å². The van der Waals surface area contributed by atoms with Crippen LogP contribution in [0, 0.1) is 0 Å². The van der Waals surface area contributed by atoms with Crippen molar-refractivity contribution in [2.24, 2.45) is 0 Å². The molecule has 0 aromatic heterocycles. The van der Waals surface area contributed by atoms with Gasteiger partial charge in [0.15, 0.2) is 0 Å². The van der Waals surface area contributed by atoms with E-state index in [0.717, 1.165) is 5.69 Å². The van der Waals surface area contributed by atoms with Crippen LogP contribution in [0.2, 0.25) is 5.02 Å². The van der Waals surface area contributed by atoms with Gasteiger partial charge in [-0.15, -0.1) is 0 Å². The van der Waals surface area contributed by atoms with Gasteiger partial charge < -0.3 is 24.4 Å². The molecule has 1 saturated heterocycles. The van der Waals surface area contributed by atoms with Crippen LogP contribution in [0.3, 0.4) is 0 Å². The summed E-state index contributed by atoms with van der Waals surface area (Å²) in [6.45, 7) is 0.468. The highest BCUT2D eigenvalue weighted by Crippen LogP contribution is 2.40. The summed E-state index contributed by atoms with van der Waals surface area (Å²) in [5, 5.41) is 11.4. The fraction of sp³-hybridized carbons (Fsp3) is 0.304. The summed E-state index contributed by atoms with van der Waals surface area (Å²) in [4.78, 5) is 29.1. The number of amides is 1. The fourth-order valence-corrected chi connectivity index (χ4v) is 3.76. The monoisotopic (exact) mass is 444 g/mol. The summed E-state index contributed by atoms with van der Waals surface area (Å²) in [6.07, 6.45) is 0. The van der Waals surface area contributed by atoms with Crippen LogP contribution in [0.1, 0.15) is 17.2 Å². The van der Waals surface area contributed by atoms with Crippen LogP contribution in [0.4, 0.5) is 5.69 Å². The van der Waals surface area contributed by atoms with Gasteiger partial charge >= 0.3 is 0 Å². The molecule has 1 atom stereocenters. The summed E-state index contributed by atoms with van der Waals surface area (Å²) in [5.41, 5.74) is 2.03. The Morgan fingerprint density at radius 3 is 2.39 bits per heavy atom. The molecule has 31 heavy (non-hydrogen) atoms. The largest absolute Gasteiger partial charge is 0.507 e. The van der Waals surface area contributed by atoms with E-state index < -0.39 is 17.7 Å². The molecule has 1 fully saturated rings. The maximum absolute atomic E-state index is 13.0. The van der Waals surface area contributed by atoms with Crippen molar-refractivity contribution in [2.45, 2.75) is 6.04 Å². The number of ketones is 1. The van der Waals surface area contributed by atoms with Crippen LogP contribution in [-0.4, -0.2) is 63.2 Å². The number of nitrogens with zero attached hydrogens (tertiary/aromatic N) is 2. The molecule has 8 heteroatoms. The number of hydrogen-bond acceptors (Lipinski definition) is 6. The van der Waals surface area contributed by atoms with Crippen LogP contribution in [0.5, 0.6) is 5.75 Å². The summed E-state index contributed by atoms with van der Waals surface area (Å²) in [5.74, 6) is -1.36. The minimum Gasteiger partial charge on any atom is -0.507 e. The van der Waals surface area contributed by atoms with Gasteiger partial charge in [0.25, 0.3) is 11.7 Å². The lowest BCUT2D eigenvalue weighted by molar-refractivity contribution is -0.140. The molecule has 164 valence electrons. The Balaban J connectivity index is 2.16. The molecule has 2 aromatic carbocycles. The zero-order valence-electron chi connectivity index (χ0n) is 17.9. The van der Waals surface area contributed by atoms with Gasteiger partial charge in [-0.25, -0.2) is 0 Å². The van der Waals surface area contributed by atoms with Crippen LogP contribution in [-0.2, 0) is 14.3 Å². The molecule has 1 heterocycles.